The Morgan fingerprint density at radius 2 is 1.48 bits per heavy atom. The summed E-state index contributed by atoms with van der Waals surface area (Å²) >= 11 is 0. The number of benzene rings is 2. The lowest BCUT2D eigenvalue weighted by molar-refractivity contribution is -0.123. The molecule has 1 amide bonds. The number of carbonyl (C=O) groups is 1. The molecule has 0 saturated carbocycles. The van der Waals surface area contributed by atoms with Crippen LogP contribution in [0.5, 0.6) is 0 Å². The van der Waals surface area contributed by atoms with E-state index in [1.54, 1.807) is 0 Å². The molecule has 27 heavy (non-hydrogen) atoms. The SMILES string of the molecule is Cl.Cl.N[C@@H](Cc1ccccc1)C(=O)NC1CCN(Cc2ccccc2)CC1. The molecule has 148 valence electrons. The Bertz CT molecular complexity index is 662. The molecule has 3 N–H and O–H groups in total. The van der Waals surface area contributed by atoms with Crippen molar-refractivity contribution in [2.45, 2.75) is 37.9 Å². The van der Waals surface area contributed by atoms with Crippen LogP contribution in [0, 0.1) is 0 Å². The fraction of sp³-hybridized carbons (Fsp3) is 0.381. The number of halogens is 2. The smallest absolute Gasteiger partial charge is 0.237 e. The number of nitrogens with zero attached hydrogens (tertiary/aromatic N) is 1. The maximum absolute atomic E-state index is 12.3. The zero-order chi connectivity index (χ0) is 17.5. The highest BCUT2D eigenvalue weighted by atomic mass is 35.5. The normalized spacial score (nSPS) is 15.9. The zero-order valence-corrected chi connectivity index (χ0v) is 17.1. The minimum Gasteiger partial charge on any atom is -0.352 e. The predicted molar refractivity (Wildman–Crippen MR) is 116 cm³/mol. The first-order chi connectivity index (χ1) is 12.2. The quantitative estimate of drug-likeness (QED) is 0.769. The number of rotatable bonds is 6. The lowest BCUT2D eigenvalue weighted by atomic mass is 10.0. The van der Waals surface area contributed by atoms with Crippen LogP contribution in [0.25, 0.3) is 0 Å². The van der Waals surface area contributed by atoms with Crippen molar-refractivity contribution in [3.05, 3.63) is 71.8 Å². The van der Waals surface area contributed by atoms with Gasteiger partial charge in [0.2, 0.25) is 5.91 Å². The monoisotopic (exact) mass is 409 g/mol. The fourth-order valence-electron chi connectivity index (χ4n) is 3.35. The molecule has 2 aromatic carbocycles. The predicted octanol–water partition coefficient (Wildman–Crippen LogP) is 3.18. The molecular formula is C21H29Cl2N3O. The molecule has 0 aromatic heterocycles. The Balaban J connectivity index is 0.00000182. The fourth-order valence-corrected chi connectivity index (χ4v) is 3.35. The summed E-state index contributed by atoms with van der Waals surface area (Å²) in [4.78, 5) is 14.8. The summed E-state index contributed by atoms with van der Waals surface area (Å²) in [6, 6.07) is 20.2. The summed E-state index contributed by atoms with van der Waals surface area (Å²) in [5.41, 5.74) is 8.52. The maximum atomic E-state index is 12.3. The molecule has 2 aromatic rings. The van der Waals surface area contributed by atoms with Crippen molar-refractivity contribution >= 4 is 30.7 Å². The molecule has 0 radical (unpaired) electrons. The Kier molecular flexibility index (Phi) is 10.4. The third kappa shape index (κ3) is 7.51. The first-order valence-electron chi connectivity index (χ1n) is 9.07. The first-order valence-corrected chi connectivity index (χ1v) is 9.07. The van der Waals surface area contributed by atoms with Crippen molar-refractivity contribution in [2.24, 2.45) is 5.73 Å². The van der Waals surface area contributed by atoms with Crippen molar-refractivity contribution < 1.29 is 4.79 Å². The number of nitrogens with two attached hydrogens (primary N) is 1. The van der Waals surface area contributed by atoms with Gasteiger partial charge in [0.1, 0.15) is 0 Å². The van der Waals surface area contributed by atoms with E-state index in [9.17, 15) is 4.79 Å². The third-order valence-corrected chi connectivity index (χ3v) is 4.82. The van der Waals surface area contributed by atoms with E-state index in [0.29, 0.717) is 6.42 Å². The second kappa shape index (κ2) is 12.0. The van der Waals surface area contributed by atoms with E-state index >= 15 is 0 Å². The van der Waals surface area contributed by atoms with Gasteiger partial charge in [-0.15, -0.1) is 24.8 Å². The van der Waals surface area contributed by atoms with Gasteiger partial charge >= 0.3 is 0 Å². The number of likely N-dealkylation sites (tertiary alicyclic amines) is 1. The molecule has 1 fully saturated rings. The maximum Gasteiger partial charge on any atom is 0.237 e. The van der Waals surface area contributed by atoms with Gasteiger partial charge in [0, 0.05) is 25.7 Å². The van der Waals surface area contributed by atoms with E-state index in [-0.39, 0.29) is 36.8 Å². The molecule has 0 unspecified atom stereocenters. The number of piperidine rings is 1. The van der Waals surface area contributed by atoms with Gasteiger partial charge in [-0.25, -0.2) is 0 Å². The summed E-state index contributed by atoms with van der Waals surface area (Å²) in [5, 5.41) is 3.13. The van der Waals surface area contributed by atoms with E-state index in [2.05, 4.69) is 34.5 Å². The molecule has 0 bridgehead atoms. The number of amides is 1. The molecule has 0 aliphatic carbocycles. The van der Waals surface area contributed by atoms with Crippen LogP contribution in [0.1, 0.15) is 24.0 Å². The second-order valence-corrected chi connectivity index (χ2v) is 6.84. The van der Waals surface area contributed by atoms with Gasteiger partial charge in [-0.1, -0.05) is 60.7 Å². The summed E-state index contributed by atoms with van der Waals surface area (Å²) < 4.78 is 0. The first kappa shape index (κ1) is 23.4. The second-order valence-electron chi connectivity index (χ2n) is 6.84. The largest absolute Gasteiger partial charge is 0.352 e. The van der Waals surface area contributed by atoms with E-state index in [1.165, 1.54) is 5.56 Å². The van der Waals surface area contributed by atoms with Crippen molar-refractivity contribution in [3.63, 3.8) is 0 Å². The van der Waals surface area contributed by atoms with Crippen molar-refractivity contribution in [1.82, 2.24) is 10.2 Å². The van der Waals surface area contributed by atoms with Crippen LogP contribution in [0.3, 0.4) is 0 Å². The van der Waals surface area contributed by atoms with Crippen LogP contribution in [0.15, 0.2) is 60.7 Å². The minimum absolute atomic E-state index is 0. The topological polar surface area (TPSA) is 58.4 Å². The van der Waals surface area contributed by atoms with Crippen LogP contribution in [0.2, 0.25) is 0 Å². The molecule has 3 rings (SSSR count). The molecular weight excluding hydrogens is 381 g/mol. The van der Waals surface area contributed by atoms with Crippen LogP contribution >= 0.6 is 24.8 Å². The van der Waals surface area contributed by atoms with Crippen molar-refractivity contribution in [1.29, 1.82) is 0 Å². The summed E-state index contributed by atoms with van der Waals surface area (Å²) in [7, 11) is 0. The standard InChI is InChI=1S/C21H27N3O.2ClH/c22-20(15-17-7-3-1-4-8-17)21(25)23-19-11-13-24(14-12-19)16-18-9-5-2-6-10-18;;/h1-10,19-20H,11-16,22H2,(H,23,25);2*1H/t20-;;/m0../s1. The highest BCUT2D eigenvalue weighted by Crippen LogP contribution is 2.14. The summed E-state index contributed by atoms with van der Waals surface area (Å²) in [6.45, 7) is 3.00. The lowest BCUT2D eigenvalue weighted by Gasteiger charge is -2.32. The highest BCUT2D eigenvalue weighted by Gasteiger charge is 2.23. The lowest BCUT2D eigenvalue weighted by Crippen LogP contribution is -2.50. The van der Waals surface area contributed by atoms with E-state index in [4.69, 9.17) is 5.73 Å². The van der Waals surface area contributed by atoms with Gasteiger partial charge < -0.3 is 11.1 Å². The Morgan fingerprint density at radius 1 is 0.963 bits per heavy atom. The van der Waals surface area contributed by atoms with Crippen LogP contribution < -0.4 is 11.1 Å². The number of hydrogen-bond acceptors (Lipinski definition) is 3. The number of hydrogen-bond donors (Lipinski definition) is 2. The van der Waals surface area contributed by atoms with Crippen LogP contribution in [-0.4, -0.2) is 36.0 Å². The number of carbonyl (C=O) groups excluding carboxylic acids is 1. The molecule has 6 heteroatoms. The van der Waals surface area contributed by atoms with E-state index < -0.39 is 6.04 Å². The average Bonchev–Trinajstić information content (AvgIpc) is 2.65. The minimum atomic E-state index is -0.482. The van der Waals surface area contributed by atoms with Crippen LogP contribution in [0.4, 0.5) is 0 Å². The number of nitrogens with one attached hydrogen (secondary N) is 1. The molecule has 4 nitrogen and oxygen atoms in total. The zero-order valence-electron chi connectivity index (χ0n) is 15.4. The van der Waals surface area contributed by atoms with Crippen molar-refractivity contribution in [2.75, 3.05) is 13.1 Å². The Morgan fingerprint density at radius 3 is 2.04 bits per heavy atom. The van der Waals surface area contributed by atoms with Gasteiger partial charge in [-0.2, -0.15) is 0 Å². The van der Waals surface area contributed by atoms with Crippen molar-refractivity contribution in [3.8, 4) is 0 Å². The van der Waals surface area contributed by atoms with Crippen LogP contribution in [-0.2, 0) is 17.8 Å². The summed E-state index contributed by atoms with van der Waals surface area (Å²) in [5.74, 6) is -0.0367. The third-order valence-electron chi connectivity index (χ3n) is 4.82. The summed E-state index contributed by atoms with van der Waals surface area (Å²) in [6.07, 6.45) is 2.55. The molecule has 1 saturated heterocycles. The Labute approximate surface area is 174 Å². The van der Waals surface area contributed by atoms with E-state index in [1.807, 2.05) is 36.4 Å². The Hall–Kier alpha value is -1.59. The molecule has 0 spiro atoms. The van der Waals surface area contributed by atoms with Gasteiger partial charge in [0.05, 0.1) is 6.04 Å². The van der Waals surface area contributed by atoms with E-state index in [0.717, 1.165) is 38.0 Å². The molecule has 1 aliphatic rings. The molecule has 1 aliphatic heterocycles. The van der Waals surface area contributed by atoms with Gasteiger partial charge in [-0.05, 0) is 30.4 Å². The average molecular weight is 410 g/mol. The van der Waals surface area contributed by atoms with Gasteiger partial charge in [0.25, 0.3) is 0 Å². The molecule has 1 heterocycles. The highest BCUT2D eigenvalue weighted by molar-refractivity contribution is 5.85. The van der Waals surface area contributed by atoms with Gasteiger partial charge in [-0.3, -0.25) is 9.69 Å². The van der Waals surface area contributed by atoms with Gasteiger partial charge in [0.15, 0.2) is 0 Å². The molecule has 1 atom stereocenters.